The van der Waals surface area contributed by atoms with Crippen LogP contribution < -0.4 is 5.32 Å². The molecular weight excluding hydrogens is 204 g/mol. The van der Waals surface area contributed by atoms with Crippen molar-refractivity contribution in [2.75, 3.05) is 7.05 Å². The van der Waals surface area contributed by atoms with Crippen LogP contribution in [0.5, 0.6) is 0 Å². The average molecular weight is 224 g/mol. The van der Waals surface area contributed by atoms with Crippen LogP contribution in [0.3, 0.4) is 0 Å². The number of aryl methyl sites for hydroxylation is 2. The van der Waals surface area contributed by atoms with E-state index in [0.29, 0.717) is 12.0 Å². The van der Waals surface area contributed by atoms with Crippen molar-refractivity contribution in [3.63, 3.8) is 0 Å². The summed E-state index contributed by atoms with van der Waals surface area (Å²) in [6.07, 6.45) is 4.96. The lowest BCUT2D eigenvalue weighted by molar-refractivity contribution is 0.398. The second-order valence-electron chi connectivity index (χ2n) is 4.43. The molecule has 0 aliphatic heterocycles. The molecule has 1 aliphatic rings. The van der Waals surface area contributed by atoms with Crippen molar-refractivity contribution in [1.29, 1.82) is 0 Å². The Labute approximate surface area is 96.1 Å². The fourth-order valence-corrected chi connectivity index (χ4v) is 3.63. The highest BCUT2D eigenvalue weighted by Crippen LogP contribution is 2.33. The standard InChI is InChI=1S/C12H20N2S/c1-4-8(2)11(13-3)12-14-9-6-5-7-10(9)15-12/h8,11,13H,4-7H2,1-3H3. The van der Waals surface area contributed by atoms with E-state index in [-0.39, 0.29) is 0 Å². The van der Waals surface area contributed by atoms with E-state index in [9.17, 15) is 0 Å². The number of rotatable bonds is 4. The Balaban J connectivity index is 2.19. The van der Waals surface area contributed by atoms with Crippen LogP contribution in [0.2, 0.25) is 0 Å². The summed E-state index contributed by atoms with van der Waals surface area (Å²) in [5.41, 5.74) is 1.37. The summed E-state index contributed by atoms with van der Waals surface area (Å²) in [6, 6.07) is 0.450. The van der Waals surface area contributed by atoms with Gasteiger partial charge in [0.2, 0.25) is 0 Å². The Hall–Kier alpha value is -0.410. The molecule has 2 unspecified atom stereocenters. The number of hydrogen-bond donors (Lipinski definition) is 1. The highest BCUT2D eigenvalue weighted by atomic mass is 32.1. The fourth-order valence-electron chi connectivity index (χ4n) is 2.23. The molecule has 0 radical (unpaired) electrons. The van der Waals surface area contributed by atoms with E-state index >= 15 is 0 Å². The third-order valence-electron chi connectivity index (χ3n) is 3.40. The first kappa shape index (κ1) is 11.1. The van der Waals surface area contributed by atoms with Crippen molar-refractivity contribution in [3.8, 4) is 0 Å². The van der Waals surface area contributed by atoms with Crippen molar-refractivity contribution in [2.45, 2.75) is 45.6 Å². The molecule has 3 heteroatoms. The van der Waals surface area contributed by atoms with Crippen LogP contribution in [-0.2, 0) is 12.8 Å². The molecule has 1 N–H and O–H groups in total. The Kier molecular flexibility index (Phi) is 3.42. The lowest BCUT2D eigenvalue weighted by Gasteiger charge is -2.19. The normalized spacial score (nSPS) is 18.9. The zero-order chi connectivity index (χ0) is 10.8. The first-order valence-corrected chi connectivity index (χ1v) is 6.73. The first-order chi connectivity index (χ1) is 7.26. The average Bonchev–Trinajstić information content (AvgIpc) is 2.78. The molecule has 1 aromatic rings. The van der Waals surface area contributed by atoms with Gasteiger partial charge >= 0.3 is 0 Å². The predicted octanol–water partition coefficient (Wildman–Crippen LogP) is 2.94. The third-order valence-corrected chi connectivity index (χ3v) is 4.64. The first-order valence-electron chi connectivity index (χ1n) is 5.92. The number of nitrogens with one attached hydrogen (secondary N) is 1. The van der Waals surface area contributed by atoms with Crippen molar-refractivity contribution < 1.29 is 0 Å². The summed E-state index contributed by atoms with van der Waals surface area (Å²) in [4.78, 5) is 6.32. The Bertz CT molecular complexity index is 311. The van der Waals surface area contributed by atoms with Gasteiger partial charge in [0.25, 0.3) is 0 Å². The van der Waals surface area contributed by atoms with E-state index in [1.165, 1.54) is 41.3 Å². The van der Waals surface area contributed by atoms with Crippen molar-refractivity contribution in [2.24, 2.45) is 5.92 Å². The Morgan fingerprint density at radius 3 is 2.87 bits per heavy atom. The van der Waals surface area contributed by atoms with Gasteiger partial charge < -0.3 is 5.32 Å². The maximum absolute atomic E-state index is 4.79. The van der Waals surface area contributed by atoms with Crippen molar-refractivity contribution in [1.82, 2.24) is 10.3 Å². The van der Waals surface area contributed by atoms with Crippen LogP contribution in [0, 0.1) is 5.92 Å². The molecule has 0 bridgehead atoms. The number of thiazole rings is 1. The lowest BCUT2D eigenvalue weighted by Crippen LogP contribution is -2.23. The van der Waals surface area contributed by atoms with Gasteiger partial charge in [-0.15, -0.1) is 11.3 Å². The molecule has 15 heavy (non-hydrogen) atoms. The highest BCUT2D eigenvalue weighted by molar-refractivity contribution is 7.11. The summed E-state index contributed by atoms with van der Waals surface area (Å²) in [5, 5.41) is 4.71. The van der Waals surface area contributed by atoms with Gasteiger partial charge in [-0.05, 0) is 32.2 Å². The van der Waals surface area contributed by atoms with Crippen molar-refractivity contribution in [3.05, 3.63) is 15.6 Å². The molecule has 2 atom stereocenters. The summed E-state index contributed by atoms with van der Waals surface area (Å²) < 4.78 is 0. The largest absolute Gasteiger partial charge is 0.311 e. The summed E-state index contributed by atoms with van der Waals surface area (Å²) in [6.45, 7) is 4.55. The zero-order valence-electron chi connectivity index (χ0n) is 9.84. The molecule has 0 fully saturated rings. The summed E-state index contributed by atoms with van der Waals surface area (Å²) in [7, 11) is 2.04. The highest BCUT2D eigenvalue weighted by Gasteiger charge is 2.23. The van der Waals surface area contributed by atoms with Gasteiger partial charge in [0.15, 0.2) is 0 Å². The molecule has 0 aromatic carbocycles. The van der Waals surface area contributed by atoms with Gasteiger partial charge in [-0.25, -0.2) is 4.98 Å². The van der Waals surface area contributed by atoms with Crippen LogP contribution in [0.25, 0.3) is 0 Å². The molecule has 84 valence electrons. The molecule has 2 nitrogen and oxygen atoms in total. The van der Waals surface area contributed by atoms with Gasteiger partial charge in [-0.2, -0.15) is 0 Å². The lowest BCUT2D eigenvalue weighted by atomic mass is 10.00. The fraction of sp³-hybridized carbons (Fsp3) is 0.750. The second kappa shape index (κ2) is 4.62. The van der Waals surface area contributed by atoms with Crippen LogP contribution in [0.1, 0.15) is 48.3 Å². The quantitative estimate of drug-likeness (QED) is 0.850. The molecule has 1 aliphatic carbocycles. The Morgan fingerprint density at radius 2 is 2.27 bits per heavy atom. The molecule has 0 spiro atoms. The van der Waals surface area contributed by atoms with E-state index in [1.807, 2.05) is 18.4 Å². The molecule has 0 saturated heterocycles. The van der Waals surface area contributed by atoms with Gasteiger partial charge in [0.05, 0.1) is 11.7 Å². The zero-order valence-corrected chi connectivity index (χ0v) is 10.7. The molecule has 1 aromatic heterocycles. The molecular formula is C12H20N2S. The van der Waals surface area contributed by atoms with Gasteiger partial charge in [0, 0.05) is 4.88 Å². The van der Waals surface area contributed by atoms with E-state index in [0.717, 1.165) is 0 Å². The van der Waals surface area contributed by atoms with Crippen LogP contribution in [0.4, 0.5) is 0 Å². The maximum atomic E-state index is 4.79. The van der Waals surface area contributed by atoms with Crippen molar-refractivity contribution >= 4 is 11.3 Å². The SMILES string of the molecule is CCC(C)C(NC)c1nc2c(s1)CCC2. The minimum atomic E-state index is 0.450. The molecule has 0 amide bonds. The van der Waals surface area contributed by atoms with Gasteiger partial charge in [-0.1, -0.05) is 20.3 Å². The number of aromatic nitrogens is 1. The molecule has 0 saturated carbocycles. The van der Waals surface area contributed by atoms with Crippen LogP contribution in [-0.4, -0.2) is 12.0 Å². The van der Waals surface area contributed by atoms with Crippen LogP contribution in [0.15, 0.2) is 0 Å². The minimum Gasteiger partial charge on any atom is -0.311 e. The molecule has 1 heterocycles. The topological polar surface area (TPSA) is 24.9 Å². The smallest absolute Gasteiger partial charge is 0.110 e. The minimum absolute atomic E-state index is 0.450. The number of hydrogen-bond acceptors (Lipinski definition) is 3. The monoisotopic (exact) mass is 224 g/mol. The third kappa shape index (κ3) is 2.08. The predicted molar refractivity (Wildman–Crippen MR) is 65.4 cm³/mol. The van der Waals surface area contributed by atoms with Gasteiger partial charge in [0.1, 0.15) is 5.01 Å². The van der Waals surface area contributed by atoms with E-state index < -0.39 is 0 Å². The van der Waals surface area contributed by atoms with Gasteiger partial charge in [-0.3, -0.25) is 0 Å². The number of nitrogens with zero attached hydrogens (tertiary/aromatic N) is 1. The summed E-state index contributed by atoms with van der Waals surface area (Å²) >= 11 is 1.92. The second-order valence-corrected chi connectivity index (χ2v) is 5.54. The van der Waals surface area contributed by atoms with E-state index in [2.05, 4.69) is 19.2 Å². The summed E-state index contributed by atoms with van der Waals surface area (Å²) in [5.74, 6) is 0.668. The molecule has 2 rings (SSSR count). The van der Waals surface area contributed by atoms with E-state index in [1.54, 1.807) is 0 Å². The maximum Gasteiger partial charge on any atom is 0.110 e. The Morgan fingerprint density at radius 1 is 1.47 bits per heavy atom. The van der Waals surface area contributed by atoms with Crippen LogP contribution >= 0.6 is 11.3 Å². The van der Waals surface area contributed by atoms with E-state index in [4.69, 9.17) is 4.98 Å². The number of fused-ring (bicyclic) bond motifs is 1.